The van der Waals surface area contributed by atoms with Gasteiger partial charge >= 0.3 is 12.1 Å². The van der Waals surface area contributed by atoms with Gasteiger partial charge in [0.15, 0.2) is 0 Å². The molecule has 0 N–H and O–H groups in total. The van der Waals surface area contributed by atoms with Crippen molar-refractivity contribution in [3.8, 4) is 0 Å². The predicted molar refractivity (Wildman–Crippen MR) is 76.1 cm³/mol. The molecular weight excluding hydrogens is 295 g/mol. The number of piperidine rings is 1. The number of ether oxygens (including phenoxy) is 1. The average molecular weight is 315 g/mol. The second-order valence-electron chi connectivity index (χ2n) is 5.60. The highest BCUT2D eigenvalue weighted by Crippen LogP contribution is 2.30. The number of esters is 1. The van der Waals surface area contributed by atoms with Crippen LogP contribution in [0.2, 0.25) is 0 Å². The number of likely N-dealkylation sites (tertiary alicyclic amines) is 1. The molecule has 22 heavy (non-hydrogen) atoms. The third-order valence-electron chi connectivity index (χ3n) is 4.02. The van der Waals surface area contributed by atoms with E-state index in [0.29, 0.717) is 12.1 Å². The molecule has 1 aromatic rings. The van der Waals surface area contributed by atoms with E-state index in [1.165, 1.54) is 19.2 Å². The Bertz CT molecular complexity index is 516. The largest absolute Gasteiger partial charge is 0.469 e. The minimum Gasteiger partial charge on any atom is -0.469 e. The first-order valence-electron chi connectivity index (χ1n) is 7.37. The molecule has 122 valence electrons. The van der Waals surface area contributed by atoms with Crippen LogP contribution >= 0.6 is 0 Å². The van der Waals surface area contributed by atoms with Gasteiger partial charge in [-0.3, -0.25) is 9.69 Å². The minimum absolute atomic E-state index is 0.0377. The fourth-order valence-corrected chi connectivity index (χ4v) is 2.86. The highest BCUT2D eigenvalue weighted by Gasteiger charge is 2.31. The van der Waals surface area contributed by atoms with Crippen molar-refractivity contribution in [2.24, 2.45) is 0 Å². The molecule has 6 heteroatoms. The maximum atomic E-state index is 12.8. The summed E-state index contributed by atoms with van der Waals surface area (Å²) >= 11 is 0. The van der Waals surface area contributed by atoms with E-state index in [0.717, 1.165) is 31.9 Å². The molecule has 1 unspecified atom stereocenters. The third-order valence-corrected chi connectivity index (χ3v) is 4.02. The second-order valence-corrected chi connectivity index (χ2v) is 5.60. The van der Waals surface area contributed by atoms with E-state index < -0.39 is 11.7 Å². The summed E-state index contributed by atoms with van der Waals surface area (Å²) in [6.45, 7) is 1.21. The molecule has 1 aromatic carbocycles. The molecule has 0 aliphatic carbocycles. The van der Waals surface area contributed by atoms with Gasteiger partial charge in [0.05, 0.1) is 19.1 Å². The van der Waals surface area contributed by atoms with Crippen LogP contribution in [0.15, 0.2) is 24.3 Å². The SMILES string of the molecule is COC(=O)CC1CCCCN1Cc1cccc(C(F)(F)F)c1. The van der Waals surface area contributed by atoms with Crippen LogP contribution in [-0.4, -0.2) is 30.6 Å². The van der Waals surface area contributed by atoms with Gasteiger partial charge in [0.25, 0.3) is 0 Å². The molecular formula is C16H20F3NO2. The summed E-state index contributed by atoms with van der Waals surface area (Å²) in [6, 6.07) is 5.42. The normalized spacial score (nSPS) is 19.9. The smallest absolute Gasteiger partial charge is 0.416 e. The van der Waals surface area contributed by atoms with Crippen molar-refractivity contribution in [2.45, 2.75) is 44.4 Å². The summed E-state index contributed by atoms with van der Waals surface area (Å²) in [5.41, 5.74) is -0.0156. The van der Waals surface area contributed by atoms with Crippen molar-refractivity contribution in [1.29, 1.82) is 0 Å². The second kappa shape index (κ2) is 7.13. The number of hydrogen-bond acceptors (Lipinski definition) is 3. The summed E-state index contributed by atoms with van der Waals surface area (Å²) in [5, 5.41) is 0. The number of halogens is 3. The fraction of sp³-hybridized carbons (Fsp3) is 0.562. The standard InChI is InChI=1S/C16H20F3NO2/c1-22-15(21)10-14-7-2-3-8-20(14)11-12-5-4-6-13(9-12)16(17,18)19/h4-6,9,14H,2-3,7-8,10-11H2,1H3. The predicted octanol–water partition coefficient (Wildman–Crippen LogP) is 3.62. The van der Waals surface area contributed by atoms with Crippen molar-refractivity contribution < 1.29 is 22.7 Å². The first-order valence-corrected chi connectivity index (χ1v) is 7.37. The maximum absolute atomic E-state index is 12.8. The number of methoxy groups -OCH3 is 1. The Balaban J connectivity index is 2.08. The summed E-state index contributed by atoms with van der Waals surface area (Å²) in [6.07, 6.45) is -1.15. The Labute approximate surface area is 128 Å². The molecule has 1 aliphatic heterocycles. The molecule has 0 saturated carbocycles. The van der Waals surface area contributed by atoms with Crippen molar-refractivity contribution in [3.05, 3.63) is 35.4 Å². The molecule has 1 saturated heterocycles. The highest BCUT2D eigenvalue weighted by atomic mass is 19.4. The number of nitrogens with zero attached hydrogens (tertiary/aromatic N) is 1. The van der Waals surface area contributed by atoms with Crippen LogP contribution in [0.3, 0.4) is 0 Å². The fourth-order valence-electron chi connectivity index (χ4n) is 2.86. The van der Waals surface area contributed by atoms with E-state index >= 15 is 0 Å². The van der Waals surface area contributed by atoms with E-state index in [9.17, 15) is 18.0 Å². The summed E-state index contributed by atoms with van der Waals surface area (Å²) in [4.78, 5) is 13.5. The van der Waals surface area contributed by atoms with Gasteiger partial charge in [-0.1, -0.05) is 24.6 Å². The molecule has 3 nitrogen and oxygen atoms in total. The van der Waals surface area contributed by atoms with Crippen LogP contribution in [-0.2, 0) is 22.3 Å². The number of hydrogen-bond donors (Lipinski definition) is 0. The molecule has 0 aromatic heterocycles. The molecule has 0 amide bonds. The van der Waals surface area contributed by atoms with E-state index in [2.05, 4.69) is 4.90 Å². The lowest BCUT2D eigenvalue weighted by atomic mass is 9.98. The molecule has 0 bridgehead atoms. The average Bonchev–Trinajstić information content (AvgIpc) is 2.48. The lowest BCUT2D eigenvalue weighted by Gasteiger charge is -2.35. The van der Waals surface area contributed by atoms with Gasteiger partial charge in [0.2, 0.25) is 0 Å². The van der Waals surface area contributed by atoms with Crippen molar-refractivity contribution in [3.63, 3.8) is 0 Å². The Morgan fingerprint density at radius 2 is 2.14 bits per heavy atom. The first kappa shape index (κ1) is 16.8. The quantitative estimate of drug-likeness (QED) is 0.795. The molecule has 1 atom stereocenters. The maximum Gasteiger partial charge on any atom is 0.416 e. The Hall–Kier alpha value is -1.56. The highest BCUT2D eigenvalue weighted by molar-refractivity contribution is 5.69. The summed E-state index contributed by atoms with van der Waals surface area (Å²) in [7, 11) is 1.35. The zero-order chi connectivity index (χ0) is 16.2. The van der Waals surface area contributed by atoms with E-state index in [1.54, 1.807) is 6.07 Å². The van der Waals surface area contributed by atoms with Crippen molar-refractivity contribution in [2.75, 3.05) is 13.7 Å². The molecule has 1 aliphatic rings. The van der Waals surface area contributed by atoms with Gasteiger partial charge in [0, 0.05) is 12.6 Å². The van der Waals surface area contributed by atoms with E-state index in [-0.39, 0.29) is 18.4 Å². The van der Waals surface area contributed by atoms with Crippen molar-refractivity contribution in [1.82, 2.24) is 4.90 Å². The summed E-state index contributed by atoms with van der Waals surface area (Å²) < 4.78 is 43.0. The summed E-state index contributed by atoms with van der Waals surface area (Å²) in [5.74, 6) is -0.277. The van der Waals surface area contributed by atoms with Crippen LogP contribution in [0, 0.1) is 0 Å². The molecule has 0 radical (unpaired) electrons. The van der Waals surface area contributed by atoms with Gasteiger partial charge in [-0.05, 0) is 31.0 Å². The number of benzene rings is 1. The number of carbonyl (C=O) groups excluding carboxylic acids is 1. The zero-order valence-electron chi connectivity index (χ0n) is 12.5. The lowest BCUT2D eigenvalue weighted by Crippen LogP contribution is -2.40. The van der Waals surface area contributed by atoms with Gasteiger partial charge in [0.1, 0.15) is 0 Å². The third kappa shape index (κ3) is 4.47. The first-order chi connectivity index (χ1) is 10.4. The lowest BCUT2D eigenvalue weighted by molar-refractivity contribution is -0.142. The topological polar surface area (TPSA) is 29.5 Å². The van der Waals surface area contributed by atoms with Gasteiger partial charge in [-0.25, -0.2) is 0 Å². The van der Waals surface area contributed by atoms with Crippen LogP contribution in [0.25, 0.3) is 0 Å². The molecule has 2 rings (SSSR count). The minimum atomic E-state index is -4.33. The van der Waals surface area contributed by atoms with Gasteiger partial charge < -0.3 is 4.74 Å². The Morgan fingerprint density at radius 3 is 2.82 bits per heavy atom. The van der Waals surface area contributed by atoms with Crippen LogP contribution < -0.4 is 0 Å². The van der Waals surface area contributed by atoms with Gasteiger partial charge in [-0.2, -0.15) is 13.2 Å². The number of rotatable bonds is 4. The van der Waals surface area contributed by atoms with E-state index in [4.69, 9.17) is 4.74 Å². The van der Waals surface area contributed by atoms with E-state index in [1.807, 2.05) is 0 Å². The monoisotopic (exact) mass is 315 g/mol. The number of alkyl halides is 3. The van der Waals surface area contributed by atoms with Crippen LogP contribution in [0.1, 0.15) is 36.8 Å². The van der Waals surface area contributed by atoms with Crippen LogP contribution in [0.4, 0.5) is 13.2 Å². The molecule has 1 heterocycles. The Morgan fingerprint density at radius 1 is 1.36 bits per heavy atom. The van der Waals surface area contributed by atoms with Crippen molar-refractivity contribution >= 4 is 5.97 Å². The Kier molecular flexibility index (Phi) is 5.45. The van der Waals surface area contributed by atoms with Gasteiger partial charge in [-0.15, -0.1) is 0 Å². The van der Waals surface area contributed by atoms with Crippen LogP contribution in [0.5, 0.6) is 0 Å². The number of carbonyl (C=O) groups is 1. The molecule has 0 spiro atoms. The molecule has 1 fully saturated rings. The zero-order valence-corrected chi connectivity index (χ0v) is 12.5.